The molecule has 1 saturated heterocycles. The molecule has 1 atom stereocenters. The lowest BCUT2D eigenvalue weighted by molar-refractivity contribution is -0.131. The van der Waals surface area contributed by atoms with Crippen LogP contribution >= 0.6 is 0 Å². The quantitative estimate of drug-likeness (QED) is 0.800. The minimum atomic E-state index is 0.312. The van der Waals surface area contributed by atoms with E-state index >= 15 is 0 Å². The van der Waals surface area contributed by atoms with Gasteiger partial charge in [-0.25, -0.2) is 0 Å². The van der Waals surface area contributed by atoms with Gasteiger partial charge in [0.05, 0.1) is 6.61 Å². The molecule has 0 N–H and O–H groups in total. The van der Waals surface area contributed by atoms with Gasteiger partial charge >= 0.3 is 0 Å². The molecule has 3 nitrogen and oxygen atoms in total. The van der Waals surface area contributed by atoms with Crippen LogP contribution in [0.25, 0.3) is 0 Å². The molecule has 1 aromatic rings. The Balaban J connectivity index is 1.68. The first-order valence-corrected chi connectivity index (χ1v) is 8.02. The van der Waals surface area contributed by atoms with Crippen molar-refractivity contribution < 1.29 is 9.53 Å². The highest BCUT2D eigenvalue weighted by Crippen LogP contribution is 2.22. The lowest BCUT2D eigenvalue weighted by Crippen LogP contribution is -2.29. The van der Waals surface area contributed by atoms with Gasteiger partial charge in [-0.15, -0.1) is 0 Å². The Morgan fingerprint density at radius 3 is 2.71 bits per heavy atom. The minimum absolute atomic E-state index is 0.312. The van der Waals surface area contributed by atoms with Gasteiger partial charge in [-0.2, -0.15) is 0 Å². The van der Waals surface area contributed by atoms with E-state index in [9.17, 15) is 4.79 Å². The van der Waals surface area contributed by atoms with Crippen molar-refractivity contribution in [3.05, 3.63) is 29.8 Å². The molecule has 0 aliphatic carbocycles. The Hall–Kier alpha value is -1.51. The summed E-state index contributed by atoms with van der Waals surface area (Å²) >= 11 is 0. The van der Waals surface area contributed by atoms with Crippen LogP contribution in [0.1, 0.15) is 38.7 Å². The first-order valence-electron chi connectivity index (χ1n) is 8.02. The van der Waals surface area contributed by atoms with Crippen molar-refractivity contribution in [3.63, 3.8) is 0 Å². The highest BCUT2D eigenvalue weighted by Gasteiger charge is 2.26. The Morgan fingerprint density at radius 2 is 2.05 bits per heavy atom. The van der Waals surface area contributed by atoms with E-state index < -0.39 is 0 Å². The summed E-state index contributed by atoms with van der Waals surface area (Å²) in [6.45, 7) is 8.83. The van der Waals surface area contributed by atoms with Crippen LogP contribution in [0.4, 0.5) is 0 Å². The zero-order chi connectivity index (χ0) is 15.2. The number of hydrogen-bond acceptors (Lipinski definition) is 2. The summed E-state index contributed by atoms with van der Waals surface area (Å²) in [7, 11) is 0. The van der Waals surface area contributed by atoms with E-state index in [4.69, 9.17) is 4.74 Å². The fourth-order valence-corrected chi connectivity index (χ4v) is 2.75. The van der Waals surface area contributed by atoms with Crippen molar-refractivity contribution in [2.75, 3.05) is 19.7 Å². The molecule has 1 aromatic carbocycles. The van der Waals surface area contributed by atoms with Gasteiger partial charge in [0, 0.05) is 19.5 Å². The average molecular weight is 289 g/mol. The van der Waals surface area contributed by atoms with E-state index in [1.807, 2.05) is 17.0 Å². The molecule has 1 aliphatic rings. The minimum Gasteiger partial charge on any atom is -0.494 e. The van der Waals surface area contributed by atoms with Crippen LogP contribution in [-0.4, -0.2) is 30.5 Å². The smallest absolute Gasteiger partial charge is 0.222 e. The second kappa shape index (κ2) is 7.48. The second-order valence-electron chi connectivity index (χ2n) is 6.54. The van der Waals surface area contributed by atoms with Gasteiger partial charge < -0.3 is 9.64 Å². The zero-order valence-corrected chi connectivity index (χ0v) is 13.5. The maximum absolute atomic E-state index is 12.0. The van der Waals surface area contributed by atoms with Gasteiger partial charge in [0.1, 0.15) is 5.75 Å². The van der Waals surface area contributed by atoms with Crippen LogP contribution in [0.15, 0.2) is 24.3 Å². The maximum Gasteiger partial charge on any atom is 0.222 e. The van der Waals surface area contributed by atoms with Crippen LogP contribution < -0.4 is 4.74 Å². The molecule has 0 spiro atoms. The van der Waals surface area contributed by atoms with Gasteiger partial charge in [-0.1, -0.05) is 31.5 Å². The molecular weight excluding hydrogens is 262 g/mol. The third kappa shape index (κ3) is 5.07. The normalized spacial score (nSPS) is 18.3. The molecule has 0 saturated carbocycles. The van der Waals surface area contributed by atoms with Crippen molar-refractivity contribution in [2.45, 2.75) is 40.0 Å². The number of hydrogen-bond donors (Lipinski definition) is 0. The van der Waals surface area contributed by atoms with Crippen LogP contribution in [-0.2, 0) is 4.79 Å². The van der Waals surface area contributed by atoms with Crippen LogP contribution in [0, 0.1) is 18.8 Å². The number of likely N-dealkylation sites (tertiary alicyclic amines) is 1. The summed E-state index contributed by atoms with van der Waals surface area (Å²) in [6, 6.07) is 8.17. The summed E-state index contributed by atoms with van der Waals surface area (Å²) in [5.74, 6) is 2.28. The second-order valence-corrected chi connectivity index (χ2v) is 6.54. The molecule has 0 aromatic heterocycles. The predicted molar refractivity (Wildman–Crippen MR) is 85.4 cm³/mol. The fourth-order valence-electron chi connectivity index (χ4n) is 2.75. The van der Waals surface area contributed by atoms with E-state index in [0.717, 1.165) is 38.3 Å². The van der Waals surface area contributed by atoms with E-state index in [1.165, 1.54) is 5.56 Å². The molecule has 1 fully saturated rings. The third-order valence-corrected chi connectivity index (χ3v) is 4.04. The lowest BCUT2D eigenvalue weighted by Gasteiger charge is -2.18. The van der Waals surface area contributed by atoms with Gasteiger partial charge in [-0.3, -0.25) is 4.79 Å². The highest BCUT2D eigenvalue weighted by atomic mass is 16.5. The largest absolute Gasteiger partial charge is 0.494 e. The number of carbonyl (C=O) groups excluding carboxylic acids is 1. The molecule has 0 radical (unpaired) electrons. The number of benzene rings is 1. The zero-order valence-electron chi connectivity index (χ0n) is 13.5. The van der Waals surface area contributed by atoms with Crippen molar-refractivity contribution in [1.29, 1.82) is 0 Å². The van der Waals surface area contributed by atoms with Crippen molar-refractivity contribution >= 4 is 5.91 Å². The van der Waals surface area contributed by atoms with Crippen molar-refractivity contribution in [2.24, 2.45) is 11.8 Å². The molecule has 1 aliphatic heterocycles. The molecule has 0 bridgehead atoms. The van der Waals surface area contributed by atoms with Gasteiger partial charge in [0.2, 0.25) is 5.91 Å². The maximum atomic E-state index is 12.0. The molecule has 1 amide bonds. The standard InChI is InChI=1S/C18H27NO2/c1-14(2)12-18(20)19-10-8-16(13-19)9-11-21-17-6-4-15(3)5-7-17/h4-7,14,16H,8-13H2,1-3H3. The van der Waals surface area contributed by atoms with E-state index in [2.05, 4.69) is 32.9 Å². The number of nitrogens with zero attached hydrogens (tertiary/aromatic N) is 1. The number of ether oxygens (including phenoxy) is 1. The first kappa shape index (κ1) is 15.9. The van der Waals surface area contributed by atoms with Crippen LogP contribution in [0.2, 0.25) is 0 Å². The van der Waals surface area contributed by atoms with Crippen molar-refractivity contribution in [3.8, 4) is 5.75 Å². The monoisotopic (exact) mass is 289 g/mol. The van der Waals surface area contributed by atoms with Gasteiger partial charge in [0.15, 0.2) is 0 Å². The van der Waals surface area contributed by atoms with E-state index in [0.29, 0.717) is 24.2 Å². The number of rotatable bonds is 6. The van der Waals surface area contributed by atoms with E-state index in [-0.39, 0.29) is 0 Å². The van der Waals surface area contributed by atoms with Gasteiger partial charge in [-0.05, 0) is 43.7 Å². The molecule has 2 rings (SSSR count). The average Bonchev–Trinajstić information content (AvgIpc) is 2.89. The Kier molecular flexibility index (Phi) is 5.66. The summed E-state index contributed by atoms with van der Waals surface area (Å²) in [5, 5.41) is 0. The SMILES string of the molecule is Cc1ccc(OCCC2CCN(C(=O)CC(C)C)C2)cc1. The summed E-state index contributed by atoms with van der Waals surface area (Å²) in [4.78, 5) is 14.0. The molecule has 1 unspecified atom stereocenters. The van der Waals surface area contributed by atoms with Crippen molar-refractivity contribution in [1.82, 2.24) is 4.90 Å². The number of carbonyl (C=O) groups is 1. The fraction of sp³-hybridized carbons (Fsp3) is 0.611. The molecular formula is C18H27NO2. The highest BCUT2D eigenvalue weighted by molar-refractivity contribution is 5.76. The Morgan fingerprint density at radius 1 is 1.33 bits per heavy atom. The third-order valence-electron chi connectivity index (χ3n) is 4.04. The summed E-state index contributed by atoms with van der Waals surface area (Å²) in [6.07, 6.45) is 2.81. The number of amides is 1. The Labute approximate surface area is 128 Å². The van der Waals surface area contributed by atoms with E-state index in [1.54, 1.807) is 0 Å². The molecule has 116 valence electrons. The molecule has 21 heavy (non-hydrogen) atoms. The molecule has 3 heteroatoms. The summed E-state index contributed by atoms with van der Waals surface area (Å²) in [5.41, 5.74) is 1.25. The van der Waals surface area contributed by atoms with Crippen LogP contribution in [0.5, 0.6) is 5.75 Å². The Bertz CT molecular complexity index is 453. The predicted octanol–water partition coefficient (Wildman–Crippen LogP) is 3.66. The summed E-state index contributed by atoms with van der Waals surface area (Å²) < 4.78 is 5.78. The van der Waals surface area contributed by atoms with Gasteiger partial charge in [0.25, 0.3) is 0 Å². The first-order chi connectivity index (χ1) is 10.0. The topological polar surface area (TPSA) is 29.5 Å². The number of aryl methyl sites for hydroxylation is 1. The molecule has 1 heterocycles. The lowest BCUT2D eigenvalue weighted by atomic mass is 10.1. The van der Waals surface area contributed by atoms with Crippen LogP contribution in [0.3, 0.4) is 0 Å².